The number of nitrogens with one attached hydrogen (secondary N) is 1. The van der Waals surface area contributed by atoms with Gasteiger partial charge in [-0.2, -0.15) is 11.3 Å². The van der Waals surface area contributed by atoms with E-state index in [1.54, 1.807) is 11.3 Å². The van der Waals surface area contributed by atoms with Gasteiger partial charge in [-0.25, -0.2) is 0 Å². The van der Waals surface area contributed by atoms with Gasteiger partial charge in [0.2, 0.25) is 0 Å². The molecule has 0 amide bonds. The number of benzene rings is 1. The highest BCUT2D eigenvalue weighted by Gasteiger charge is 2.07. The van der Waals surface area contributed by atoms with E-state index in [1.807, 2.05) is 0 Å². The molecule has 0 saturated heterocycles. The van der Waals surface area contributed by atoms with E-state index < -0.39 is 0 Å². The Kier molecular flexibility index (Phi) is 2.61. The van der Waals surface area contributed by atoms with Crippen molar-refractivity contribution in [2.24, 2.45) is 0 Å². The average molecular weight is 260 g/mol. The Labute approximate surface area is 109 Å². The van der Waals surface area contributed by atoms with Crippen molar-refractivity contribution in [1.82, 2.24) is 9.55 Å². The van der Waals surface area contributed by atoms with Gasteiger partial charge in [-0.3, -0.25) is 0 Å². The average Bonchev–Trinajstić information content (AvgIpc) is 2.89. The molecule has 3 aromatic rings. The van der Waals surface area contributed by atoms with Crippen molar-refractivity contribution in [3.8, 4) is 0 Å². The topological polar surface area (TPSA) is 20.7 Å². The van der Waals surface area contributed by atoms with Gasteiger partial charge >= 0.3 is 0 Å². The lowest BCUT2D eigenvalue weighted by Gasteiger charge is -2.04. The van der Waals surface area contributed by atoms with Crippen LogP contribution in [-0.4, -0.2) is 9.55 Å². The molecule has 2 heterocycles. The van der Waals surface area contributed by atoms with Crippen molar-refractivity contribution in [2.75, 3.05) is 0 Å². The van der Waals surface area contributed by atoms with Gasteiger partial charge < -0.3 is 9.55 Å². The van der Waals surface area contributed by atoms with Crippen LogP contribution in [0.5, 0.6) is 0 Å². The smallest absolute Gasteiger partial charge is 0.178 e. The highest BCUT2D eigenvalue weighted by atomic mass is 32.1. The Morgan fingerprint density at radius 1 is 1.35 bits per heavy atom. The molecule has 1 N–H and O–H groups in total. The maximum absolute atomic E-state index is 5.40. The summed E-state index contributed by atoms with van der Waals surface area (Å²) in [5, 5.41) is 4.26. The minimum Gasteiger partial charge on any atom is -0.331 e. The Morgan fingerprint density at radius 2 is 2.24 bits per heavy atom. The van der Waals surface area contributed by atoms with Crippen LogP contribution in [0.4, 0.5) is 0 Å². The molecule has 86 valence electrons. The van der Waals surface area contributed by atoms with E-state index >= 15 is 0 Å². The lowest BCUT2D eigenvalue weighted by atomic mass is 10.2. The molecule has 0 atom stereocenters. The predicted molar refractivity (Wildman–Crippen MR) is 75.3 cm³/mol. The number of aromatic amines is 1. The first-order chi connectivity index (χ1) is 8.25. The molecular formula is C13H12N2S2. The minimum atomic E-state index is 0.792. The van der Waals surface area contributed by atoms with Crippen LogP contribution >= 0.6 is 23.6 Å². The molecule has 0 bridgehead atoms. The number of para-hydroxylation sites is 1. The van der Waals surface area contributed by atoms with Crippen molar-refractivity contribution in [1.29, 1.82) is 0 Å². The van der Waals surface area contributed by atoms with Crippen molar-refractivity contribution in [3.63, 3.8) is 0 Å². The number of imidazole rings is 1. The van der Waals surface area contributed by atoms with Crippen molar-refractivity contribution < 1.29 is 0 Å². The Bertz CT molecular complexity index is 705. The number of nitrogens with zero attached hydrogens (tertiary/aromatic N) is 1. The molecule has 0 radical (unpaired) electrons. The van der Waals surface area contributed by atoms with E-state index in [9.17, 15) is 0 Å². The number of aromatic nitrogens is 2. The second kappa shape index (κ2) is 4.13. The molecule has 3 rings (SSSR count). The molecule has 2 aromatic heterocycles. The summed E-state index contributed by atoms with van der Waals surface area (Å²) in [7, 11) is 0. The monoisotopic (exact) mass is 260 g/mol. The van der Waals surface area contributed by atoms with Gasteiger partial charge in [-0.15, -0.1) is 0 Å². The van der Waals surface area contributed by atoms with Gasteiger partial charge in [-0.05, 0) is 53.2 Å². The number of H-pyrrole nitrogens is 1. The number of hydrogen-bond acceptors (Lipinski definition) is 2. The maximum atomic E-state index is 5.40. The molecule has 0 spiro atoms. The number of thiophene rings is 1. The van der Waals surface area contributed by atoms with Crippen LogP contribution in [-0.2, 0) is 6.54 Å². The Morgan fingerprint density at radius 3 is 3.00 bits per heavy atom. The Hall–Kier alpha value is -1.39. The summed E-state index contributed by atoms with van der Waals surface area (Å²) >= 11 is 7.12. The van der Waals surface area contributed by atoms with Gasteiger partial charge in [0.25, 0.3) is 0 Å². The molecule has 2 nitrogen and oxygen atoms in total. The number of hydrogen-bond donors (Lipinski definition) is 1. The summed E-state index contributed by atoms with van der Waals surface area (Å²) in [4.78, 5) is 3.26. The molecule has 0 saturated carbocycles. The summed E-state index contributed by atoms with van der Waals surface area (Å²) in [6, 6.07) is 8.39. The van der Waals surface area contributed by atoms with Crippen LogP contribution in [0.3, 0.4) is 0 Å². The van der Waals surface area contributed by atoms with Crippen LogP contribution in [0.2, 0.25) is 0 Å². The van der Waals surface area contributed by atoms with E-state index in [1.165, 1.54) is 16.6 Å². The highest BCUT2D eigenvalue weighted by molar-refractivity contribution is 7.71. The van der Waals surface area contributed by atoms with Crippen molar-refractivity contribution in [2.45, 2.75) is 13.5 Å². The van der Waals surface area contributed by atoms with Crippen LogP contribution in [0, 0.1) is 11.7 Å². The summed E-state index contributed by atoms with van der Waals surface area (Å²) < 4.78 is 2.96. The molecule has 0 fully saturated rings. The fourth-order valence-corrected chi connectivity index (χ4v) is 3.04. The van der Waals surface area contributed by atoms with Crippen molar-refractivity contribution >= 4 is 34.6 Å². The van der Waals surface area contributed by atoms with Crippen LogP contribution in [0.1, 0.15) is 11.1 Å². The second-order valence-corrected chi connectivity index (χ2v) is 5.29. The lowest BCUT2D eigenvalue weighted by molar-refractivity contribution is 0.811. The Balaban J connectivity index is 2.21. The molecule has 0 unspecified atom stereocenters. The zero-order chi connectivity index (χ0) is 11.8. The summed E-state index contributed by atoms with van der Waals surface area (Å²) in [5.41, 5.74) is 4.88. The summed E-state index contributed by atoms with van der Waals surface area (Å²) in [5.74, 6) is 0. The first kappa shape index (κ1) is 10.7. The van der Waals surface area contributed by atoms with E-state index in [0.717, 1.165) is 16.8 Å². The minimum absolute atomic E-state index is 0.792. The molecule has 0 aliphatic rings. The van der Waals surface area contributed by atoms with E-state index in [4.69, 9.17) is 12.2 Å². The number of rotatable bonds is 2. The largest absolute Gasteiger partial charge is 0.331 e. The van der Waals surface area contributed by atoms with Gasteiger partial charge in [-0.1, -0.05) is 12.1 Å². The first-order valence-corrected chi connectivity index (χ1v) is 6.80. The fourth-order valence-electron chi connectivity index (χ4n) is 2.12. The molecule has 17 heavy (non-hydrogen) atoms. The molecular weight excluding hydrogens is 248 g/mol. The third-order valence-electron chi connectivity index (χ3n) is 2.92. The third kappa shape index (κ3) is 1.83. The summed E-state index contributed by atoms with van der Waals surface area (Å²) in [6.07, 6.45) is 0. The third-order valence-corrected chi connectivity index (χ3v) is 3.97. The highest BCUT2D eigenvalue weighted by Crippen LogP contribution is 2.20. The number of fused-ring (bicyclic) bond motifs is 1. The van der Waals surface area contributed by atoms with Crippen LogP contribution < -0.4 is 0 Å². The first-order valence-electron chi connectivity index (χ1n) is 5.45. The van der Waals surface area contributed by atoms with E-state index in [2.05, 4.69) is 51.5 Å². The fraction of sp³-hybridized carbons (Fsp3) is 0.154. The normalized spacial score (nSPS) is 11.1. The van der Waals surface area contributed by atoms with Crippen molar-refractivity contribution in [3.05, 3.63) is 50.9 Å². The molecule has 0 aliphatic carbocycles. The van der Waals surface area contributed by atoms with E-state index in [0.29, 0.717) is 0 Å². The lowest BCUT2D eigenvalue weighted by Crippen LogP contribution is -1.99. The van der Waals surface area contributed by atoms with E-state index in [-0.39, 0.29) is 0 Å². The molecule has 1 aromatic carbocycles. The maximum Gasteiger partial charge on any atom is 0.178 e. The number of aryl methyl sites for hydroxylation is 1. The van der Waals surface area contributed by atoms with Gasteiger partial charge in [0.15, 0.2) is 4.77 Å². The standard InChI is InChI=1S/C13H12N2S2/c1-9-3-2-4-11-12(9)15(13(16)14-11)7-10-5-6-17-8-10/h2-6,8H,7H2,1H3,(H,14,16). The molecule has 0 aliphatic heterocycles. The second-order valence-electron chi connectivity index (χ2n) is 4.12. The summed E-state index contributed by atoms with van der Waals surface area (Å²) in [6.45, 7) is 2.96. The zero-order valence-corrected chi connectivity index (χ0v) is 11.1. The predicted octanol–water partition coefficient (Wildman–Crippen LogP) is 4.12. The quantitative estimate of drug-likeness (QED) is 0.687. The van der Waals surface area contributed by atoms with Gasteiger partial charge in [0.05, 0.1) is 17.6 Å². The van der Waals surface area contributed by atoms with Gasteiger partial charge in [0.1, 0.15) is 0 Å². The van der Waals surface area contributed by atoms with Gasteiger partial charge in [0, 0.05) is 0 Å². The molecule has 4 heteroatoms. The van der Waals surface area contributed by atoms with Crippen LogP contribution in [0.15, 0.2) is 35.0 Å². The zero-order valence-electron chi connectivity index (χ0n) is 9.43. The van der Waals surface area contributed by atoms with Crippen LogP contribution in [0.25, 0.3) is 11.0 Å². The SMILES string of the molecule is Cc1cccc2[nH]c(=S)n(Cc3ccsc3)c12.